The lowest BCUT2D eigenvalue weighted by Crippen LogP contribution is -2.25. The lowest BCUT2D eigenvalue weighted by Gasteiger charge is -2.23. The third kappa shape index (κ3) is 4.33. The van der Waals surface area contributed by atoms with E-state index in [0.717, 1.165) is 25.8 Å². The minimum atomic E-state index is -0.0908. The first-order valence-corrected chi connectivity index (χ1v) is 5.90. The molecule has 2 heteroatoms. The highest BCUT2D eigenvalue weighted by molar-refractivity contribution is 5.24. The van der Waals surface area contributed by atoms with Gasteiger partial charge in [0.2, 0.25) is 0 Å². The van der Waals surface area contributed by atoms with Gasteiger partial charge in [0.05, 0.1) is 5.60 Å². The van der Waals surface area contributed by atoms with Gasteiger partial charge in [-0.3, -0.25) is 0 Å². The van der Waals surface area contributed by atoms with Crippen LogP contribution in [0.5, 0.6) is 0 Å². The van der Waals surface area contributed by atoms with Crippen LogP contribution in [0.1, 0.15) is 31.4 Å². The molecule has 0 aliphatic carbocycles. The predicted molar refractivity (Wildman–Crippen MR) is 68.6 cm³/mol. The number of hydrogen-bond acceptors (Lipinski definition) is 2. The maximum absolute atomic E-state index is 5.52. The number of rotatable bonds is 6. The fraction of sp³-hybridized carbons (Fsp3) is 0.571. The molecule has 1 aromatic carbocycles. The molecule has 0 amide bonds. The second-order valence-corrected chi connectivity index (χ2v) is 4.85. The molecule has 2 nitrogen and oxygen atoms in total. The van der Waals surface area contributed by atoms with Crippen molar-refractivity contribution < 1.29 is 4.74 Å². The number of benzene rings is 1. The summed E-state index contributed by atoms with van der Waals surface area (Å²) in [5.74, 6) is 0. The lowest BCUT2D eigenvalue weighted by molar-refractivity contribution is 0.0232. The summed E-state index contributed by atoms with van der Waals surface area (Å²) in [6.45, 7) is 4.98. The van der Waals surface area contributed by atoms with Crippen LogP contribution in [0.2, 0.25) is 0 Å². The van der Waals surface area contributed by atoms with Crippen molar-refractivity contribution in [1.29, 1.82) is 0 Å². The van der Waals surface area contributed by atoms with Gasteiger partial charge in [-0.05, 0) is 44.4 Å². The van der Waals surface area contributed by atoms with Crippen LogP contribution in [0.15, 0.2) is 24.3 Å². The summed E-state index contributed by atoms with van der Waals surface area (Å²) >= 11 is 0. The van der Waals surface area contributed by atoms with E-state index in [2.05, 4.69) is 38.1 Å². The van der Waals surface area contributed by atoms with Crippen LogP contribution >= 0.6 is 0 Å². The Balaban J connectivity index is 2.67. The van der Waals surface area contributed by atoms with E-state index < -0.39 is 0 Å². The molecule has 0 radical (unpaired) electrons. The average molecular weight is 221 g/mol. The van der Waals surface area contributed by atoms with Crippen molar-refractivity contribution in [3.8, 4) is 0 Å². The van der Waals surface area contributed by atoms with Gasteiger partial charge >= 0.3 is 0 Å². The monoisotopic (exact) mass is 221 g/mol. The van der Waals surface area contributed by atoms with Crippen molar-refractivity contribution in [2.24, 2.45) is 5.73 Å². The normalized spacial score (nSPS) is 11.8. The molecule has 2 N–H and O–H groups in total. The number of aryl methyl sites for hydroxylation is 1. The molecule has 0 saturated heterocycles. The molecule has 0 aliphatic heterocycles. The standard InChI is InChI=1S/C14H23NO/c1-14(2,16-3)11-13-7-4-6-12(10-13)8-5-9-15/h4,6-7,10H,5,8-9,11,15H2,1-3H3. The molecule has 0 aliphatic rings. The predicted octanol–water partition coefficient (Wildman–Crippen LogP) is 2.55. The fourth-order valence-electron chi connectivity index (χ4n) is 1.77. The number of hydrogen-bond donors (Lipinski definition) is 1. The summed E-state index contributed by atoms with van der Waals surface area (Å²) in [5, 5.41) is 0. The SMILES string of the molecule is COC(C)(C)Cc1cccc(CCCN)c1. The molecule has 0 spiro atoms. The van der Waals surface area contributed by atoms with E-state index in [-0.39, 0.29) is 5.60 Å². The summed E-state index contributed by atoms with van der Waals surface area (Å²) in [5.41, 5.74) is 8.13. The van der Waals surface area contributed by atoms with Gasteiger partial charge in [0.25, 0.3) is 0 Å². The zero-order chi connectivity index (χ0) is 12.0. The van der Waals surface area contributed by atoms with Crippen LogP contribution in [0.4, 0.5) is 0 Å². The molecule has 0 bridgehead atoms. The first-order chi connectivity index (χ1) is 7.57. The number of nitrogens with two attached hydrogens (primary N) is 1. The van der Waals surface area contributed by atoms with Gasteiger partial charge in [-0.2, -0.15) is 0 Å². The maximum atomic E-state index is 5.52. The van der Waals surface area contributed by atoms with Crippen LogP contribution in [0.3, 0.4) is 0 Å². The Morgan fingerprint density at radius 3 is 2.56 bits per heavy atom. The molecule has 0 unspecified atom stereocenters. The van der Waals surface area contributed by atoms with Crippen LogP contribution in [-0.4, -0.2) is 19.3 Å². The quantitative estimate of drug-likeness (QED) is 0.801. The topological polar surface area (TPSA) is 35.2 Å². The fourth-order valence-corrected chi connectivity index (χ4v) is 1.77. The molecule has 90 valence electrons. The Morgan fingerprint density at radius 1 is 1.25 bits per heavy atom. The van der Waals surface area contributed by atoms with E-state index in [9.17, 15) is 0 Å². The van der Waals surface area contributed by atoms with Crippen molar-refractivity contribution in [2.45, 2.75) is 38.7 Å². The second-order valence-electron chi connectivity index (χ2n) is 4.85. The van der Waals surface area contributed by atoms with Crippen LogP contribution in [0.25, 0.3) is 0 Å². The molecule has 0 heterocycles. The molecule has 1 aromatic rings. The molecule has 0 atom stereocenters. The third-order valence-corrected chi connectivity index (χ3v) is 2.84. The summed E-state index contributed by atoms with van der Waals surface area (Å²) in [4.78, 5) is 0. The lowest BCUT2D eigenvalue weighted by atomic mass is 9.96. The summed E-state index contributed by atoms with van der Waals surface area (Å²) in [6, 6.07) is 8.70. The number of ether oxygens (including phenoxy) is 1. The zero-order valence-electron chi connectivity index (χ0n) is 10.6. The third-order valence-electron chi connectivity index (χ3n) is 2.84. The summed E-state index contributed by atoms with van der Waals surface area (Å²) in [7, 11) is 1.76. The minimum Gasteiger partial charge on any atom is -0.378 e. The summed E-state index contributed by atoms with van der Waals surface area (Å²) < 4.78 is 5.44. The van der Waals surface area contributed by atoms with Crippen LogP contribution < -0.4 is 5.73 Å². The highest BCUT2D eigenvalue weighted by Crippen LogP contribution is 2.17. The highest BCUT2D eigenvalue weighted by Gasteiger charge is 2.16. The molecule has 1 rings (SSSR count). The van der Waals surface area contributed by atoms with Gasteiger partial charge in [0.1, 0.15) is 0 Å². The first-order valence-electron chi connectivity index (χ1n) is 5.90. The van der Waals surface area contributed by atoms with E-state index in [4.69, 9.17) is 10.5 Å². The first kappa shape index (κ1) is 13.2. The molecular formula is C14H23NO. The van der Waals surface area contributed by atoms with E-state index in [1.54, 1.807) is 7.11 Å². The van der Waals surface area contributed by atoms with Crippen molar-refractivity contribution >= 4 is 0 Å². The van der Waals surface area contributed by atoms with Gasteiger partial charge in [-0.15, -0.1) is 0 Å². The second kappa shape index (κ2) is 6.02. The van der Waals surface area contributed by atoms with Crippen molar-refractivity contribution in [3.05, 3.63) is 35.4 Å². The maximum Gasteiger partial charge on any atom is 0.0662 e. The van der Waals surface area contributed by atoms with Crippen molar-refractivity contribution in [3.63, 3.8) is 0 Å². The van der Waals surface area contributed by atoms with Gasteiger partial charge < -0.3 is 10.5 Å². The number of methoxy groups -OCH3 is 1. The van der Waals surface area contributed by atoms with Crippen molar-refractivity contribution in [1.82, 2.24) is 0 Å². The molecule has 0 saturated carbocycles. The van der Waals surface area contributed by atoms with Crippen LogP contribution in [0, 0.1) is 0 Å². The zero-order valence-corrected chi connectivity index (χ0v) is 10.6. The molecular weight excluding hydrogens is 198 g/mol. The molecule has 0 fully saturated rings. The van der Waals surface area contributed by atoms with Gasteiger partial charge in [-0.1, -0.05) is 24.3 Å². The average Bonchev–Trinajstić information content (AvgIpc) is 2.26. The summed E-state index contributed by atoms with van der Waals surface area (Å²) in [6.07, 6.45) is 3.06. The largest absolute Gasteiger partial charge is 0.378 e. The van der Waals surface area contributed by atoms with E-state index in [1.807, 2.05) is 0 Å². The van der Waals surface area contributed by atoms with Crippen molar-refractivity contribution in [2.75, 3.05) is 13.7 Å². The Hall–Kier alpha value is -0.860. The smallest absolute Gasteiger partial charge is 0.0662 e. The Labute approximate surface area is 98.8 Å². The van der Waals surface area contributed by atoms with E-state index in [0.29, 0.717) is 0 Å². The Morgan fingerprint density at radius 2 is 1.94 bits per heavy atom. The van der Waals surface area contributed by atoms with Gasteiger partial charge in [0.15, 0.2) is 0 Å². The van der Waals surface area contributed by atoms with Gasteiger partial charge in [0, 0.05) is 13.5 Å². The minimum absolute atomic E-state index is 0.0908. The highest BCUT2D eigenvalue weighted by atomic mass is 16.5. The Bertz CT molecular complexity index is 320. The van der Waals surface area contributed by atoms with E-state index in [1.165, 1.54) is 11.1 Å². The van der Waals surface area contributed by atoms with E-state index >= 15 is 0 Å². The van der Waals surface area contributed by atoms with Crippen LogP contribution in [-0.2, 0) is 17.6 Å². The molecule has 0 aromatic heterocycles. The van der Waals surface area contributed by atoms with Gasteiger partial charge in [-0.25, -0.2) is 0 Å². The molecule has 16 heavy (non-hydrogen) atoms. The Kier molecular flexibility index (Phi) is 4.97.